The first-order chi connectivity index (χ1) is 9.60. The van der Waals surface area contributed by atoms with E-state index in [0.717, 1.165) is 17.5 Å². The standard InChI is InChI=1S/C16H16N2O2/c1-4-11-5-6-15(20-3)12(8-11)14-7-10(2)13(9-17)16(19)18-14/h5-8H,4H2,1-3H3,(H,18,19). The Hall–Kier alpha value is -2.54. The lowest BCUT2D eigenvalue weighted by molar-refractivity contribution is 0.416. The molecule has 0 aliphatic carbocycles. The van der Waals surface area contributed by atoms with Crippen molar-refractivity contribution in [2.45, 2.75) is 20.3 Å². The molecule has 4 nitrogen and oxygen atoms in total. The summed E-state index contributed by atoms with van der Waals surface area (Å²) >= 11 is 0. The van der Waals surface area contributed by atoms with Crippen LogP contribution >= 0.6 is 0 Å². The molecule has 0 saturated carbocycles. The number of aromatic amines is 1. The van der Waals surface area contributed by atoms with E-state index in [1.54, 1.807) is 20.1 Å². The number of hydrogen-bond acceptors (Lipinski definition) is 3. The lowest BCUT2D eigenvalue weighted by Gasteiger charge is -2.11. The van der Waals surface area contributed by atoms with Gasteiger partial charge in [0.1, 0.15) is 17.4 Å². The van der Waals surface area contributed by atoms with Crippen molar-refractivity contribution in [1.82, 2.24) is 4.98 Å². The maximum Gasteiger partial charge on any atom is 0.266 e. The molecule has 1 aromatic heterocycles. The molecular formula is C16H16N2O2. The SMILES string of the molecule is CCc1ccc(OC)c(-c2cc(C)c(C#N)c(=O)[nH]2)c1. The Morgan fingerprint density at radius 3 is 2.65 bits per heavy atom. The van der Waals surface area contributed by atoms with Crippen molar-refractivity contribution in [3.8, 4) is 23.1 Å². The van der Waals surface area contributed by atoms with Crippen LogP contribution in [0.3, 0.4) is 0 Å². The van der Waals surface area contributed by atoms with Crippen molar-refractivity contribution in [2.24, 2.45) is 0 Å². The number of methoxy groups -OCH3 is 1. The molecule has 4 heteroatoms. The van der Waals surface area contributed by atoms with Crippen LogP contribution in [0.25, 0.3) is 11.3 Å². The van der Waals surface area contributed by atoms with E-state index in [-0.39, 0.29) is 11.1 Å². The van der Waals surface area contributed by atoms with Gasteiger partial charge in [0, 0.05) is 5.56 Å². The lowest BCUT2D eigenvalue weighted by atomic mass is 10.0. The van der Waals surface area contributed by atoms with Crippen LogP contribution in [-0.2, 0) is 6.42 Å². The number of ether oxygens (including phenoxy) is 1. The first-order valence-electron chi connectivity index (χ1n) is 6.42. The Kier molecular flexibility index (Phi) is 3.90. The quantitative estimate of drug-likeness (QED) is 0.930. The second-order valence-electron chi connectivity index (χ2n) is 4.57. The Morgan fingerprint density at radius 1 is 1.35 bits per heavy atom. The van der Waals surface area contributed by atoms with Crippen molar-refractivity contribution in [2.75, 3.05) is 7.11 Å². The Bertz CT molecular complexity index is 739. The fraction of sp³-hybridized carbons (Fsp3) is 0.250. The summed E-state index contributed by atoms with van der Waals surface area (Å²) in [5.74, 6) is 0.696. The molecule has 0 saturated heterocycles. The number of hydrogen-bond donors (Lipinski definition) is 1. The van der Waals surface area contributed by atoms with Gasteiger partial charge in [-0.3, -0.25) is 4.79 Å². The predicted molar refractivity (Wildman–Crippen MR) is 77.9 cm³/mol. The molecule has 2 rings (SSSR count). The average molecular weight is 268 g/mol. The summed E-state index contributed by atoms with van der Waals surface area (Å²) in [5.41, 5.74) is 3.10. The molecule has 0 aliphatic rings. The highest BCUT2D eigenvalue weighted by atomic mass is 16.5. The van der Waals surface area contributed by atoms with Crippen LogP contribution in [0, 0.1) is 18.3 Å². The molecule has 2 aromatic rings. The molecule has 1 N–H and O–H groups in total. The minimum Gasteiger partial charge on any atom is -0.496 e. The van der Waals surface area contributed by atoms with E-state index in [2.05, 4.69) is 11.9 Å². The molecule has 0 fully saturated rings. The number of aryl methyl sites for hydroxylation is 2. The smallest absolute Gasteiger partial charge is 0.266 e. The van der Waals surface area contributed by atoms with Gasteiger partial charge in [-0.15, -0.1) is 0 Å². The van der Waals surface area contributed by atoms with Gasteiger partial charge >= 0.3 is 0 Å². The molecule has 0 amide bonds. The van der Waals surface area contributed by atoms with Gasteiger partial charge in [-0.05, 0) is 42.7 Å². The highest BCUT2D eigenvalue weighted by molar-refractivity contribution is 5.69. The van der Waals surface area contributed by atoms with Gasteiger partial charge in [-0.25, -0.2) is 0 Å². The van der Waals surface area contributed by atoms with Crippen LogP contribution in [0.1, 0.15) is 23.6 Å². The van der Waals surface area contributed by atoms with Crippen LogP contribution in [0.5, 0.6) is 5.75 Å². The molecule has 102 valence electrons. The molecule has 20 heavy (non-hydrogen) atoms. The summed E-state index contributed by atoms with van der Waals surface area (Å²) in [5, 5.41) is 8.95. The first-order valence-corrected chi connectivity index (χ1v) is 6.42. The van der Waals surface area contributed by atoms with Crippen molar-refractivity contribution in [3.05, 3.63) is 51.3 Å². The van der Waals surface area contributed by atoms with E-state index in [1.807, 2.05) is 24.3 Å². The topological polar surface area (TPSA) is 65.9 Å². The molecule has 0 radical (unpaired) electrons. The molecule has 0 atom stereocenters. The molecule has 0 unspecified atom stereocenters. The van der Waals surface area contributed by atoms with Gasteiger partial charge in [0.15, 0.2) is 0 Å². The van der Waals surface area contributed by atoms with E-state index in [1.165, 1.54) is 0 Å². The number of aromatic nitrogens is 1. The van der Waals surface area contributed by atoms with E-state index in [9.17, 15) is 4.79 Å². The third-order valence-electron chi connectivity index (χ3n) is 3.30. The number of rotatable bonds is 3. The van der Waals surface area contributed by atoms with Gasteiger partial charge in [0.2, 0.25) is 0 Å². The zero-order valence-electron chi connectivity index (χ0n) is 11.8. The van der Waals surface area contributed by atoms with Gasteiger partial charge in [0.05, 0.1) is 12.8 Å². The second kappa shape index (κ2) is 5.62. The Balaban J connectivity index is 2.68. The summed E-state index contributed by atoms with van der Waals surface area (Å²) in [4.78, 5) is 14.7. The predicted octanol–water partition coefficient (Wildman–Crippen LogP) is 2.79. The third-order valence-corrected chi connectivity index (χ3v) is 3.30. The van der Waals surface area contributed by atoms with Crippen molar-refractivity contribution in [1.29, 1.82) is 5.26 Å². The van der Waals surface area contributed by atoms with Crippen LogP contribution in [-0.4, -0.2) is 12.1 Å². The normalized spacial score (nSPS) is 10.1. The molecule has 0 spiro atoms. The zero-order chi connectivity index (χ0) is 14.7. The number of benzene rings is 1. The lowest BCUT2D eigenvalue weighted by Crippen LogP contribution is -2.13. The highest BCUT2D eigenvalue weighted by Crippen LogP contribution is 2.30. The van der Waals surface area contributed by atoms with Crippen molar-refractivity contribution >= 4 is 0 Å². The summed E-state index contributed by atoms with van der Waals surface area (Å²) in [6.07, 6.45) is 0.899. The van der Waals surface area contributed by atoms with E-state index in [4.69, 9.17) is 10.00 Å². The van der Waals surface area contributed by atoms with E-state index >= 15 is 0 Å². The third kappa shape index (κ3) is 2.43. The van der Waals surface area contributed by atoms with Gasteiger partial charge in [0.25, 0.3) is 5.56 Å². The van der Waals surface area contributed by atoms with Crippen LogP contribution in [0.4, 0.5) is 0 Å². The number of nitrogens with one attached hydrogen (secondary N) is 1. The number of H-pyrrole nitrogens is 1. The number of nitriles is 1. The molecule has 1 heterocycles. The largest absolute Gasteiger partial charge is 0.496 e. The second-order valence-corrected chi connectivity index (χ2v) is 4.57. The average Bonchev–Trinajstić information content (AvgIpc) is 2.46. The summed E-state index contributed by atoms with van der Waals surface area (Å²) in [6, 6.07) is 9.60. The van der Waals surface area contributed by atoms with Gasteiger partial charge < -0.3 is 9.72 Å². The molecule has 0 aliphatic heterocycles. The minimum atomic E-state index is -0.369. The molecular weight excluding hydrogens is 252 g/mol. The fourth-order valence-corrected chi connectivity index (χ4v) is 2.16. The van der Waals surface area contributed by atoms with Gasteiger partial charge in [-0.1, -0.05) is 13.0 Å². The van der Waals surface area contributed by atoms with Crippen LogP contribution in [0.15, 0.2) is 29.1 Å². The van der Waals surface area contributed by atoms with Gasteiger partial charge in [-0.2, -0.15) is 5.26 Å². The van der Waals surface area contributed by atoms with Crippen molar-refractivity contribution < 1.29 is 4.74 Å². The van der Waals surface area contributed by atoms with E-state index in [0.29, 0.717) is 17.0 Å². The maximum absolute atomic E-state index is 11.9. The molecule has 1 aromatic carbocycles. The number of pyridine rings is 1. The zero-order valence-corrected chi connectivity index (χ0v) is 11.8. The first kappa shape index (κ1) is 13.9. The summed E-state index contributed by atoms with van der Waals surface area (Å²) in [7, 11) is 1.60. The minimum absolute atomic E-state index is 0.152. The molecule has 0 bridgehead atoms. The summed E-state index contributed by atoms with van der Waals surface area (Å²) < 4.78 is 5.35. The monoisotopic (exact) mass is 268 g/mol. The van der Waals surface area contributed by atoms with E-state index < -0.39 is 0 Å². The van der Waals surface area contributed by atoms with Crippen molar-refractivity contribution in [3.63, 3.8) is 0 Å². The maximum atomic E-state index is 11.9. The van der Waals surface area contributed by atoms with Crippen LogP contribution < -0.4 is 10.3 Å². The fourth-order valence-electron chi connectivity index (χ4n) is 2.16. The Labute approximate surface area is 117 Å². The highest BCUT2D eigenvalue weighted by Gasteiger charge is 2.11. The Morgan fingerprint density at radius 2 is 2.10 bits per heavy atom. The summed E-state index contributed by atoms with van der Waals surface area (Å²) in [6.45, 7) is 3.83. The number of nitrogens with zero attached hydrogens (tertiary/aromatic N) is 1. The van der Waals surface area contributed by atoms with Crippen LogP contribution in [0.2, 0.25) is 0 Å².